The Kier molecular flexibility index (Phi) is 3.39. The van der Waals surface area contributed by atoms with Crippen LogP contribution in [0.25, 0.3) is 22.3 Å². The molecule has 3 aromatic rings. The fourth-order valence-corrected chi connectivity index (χ4v) is 2.39. The summed E-state index contributed by atoms with van der Waals surface area (Å²) in [7, 11) is 0. The Morgan fingerprint density at radius 2 is 1.77 bits per heavy atom. The molecule has 0 unspecified atom stereocenters. The molecule has 1 aromatic heterocycles. The Bertz CT molecular complexity index is 843. The molecule has 5 heteroatoms. The Hall–Kier alpha value is -3.08. The summed E-state index contributed by atoms with van der Waals surface area (Å²) in [5.41, 5.74) is 1.61. The lowest BCUT2D eigenvalue weighted by atomic mass is 10.00. The average molecular weight is 296 g/mol. The van der Waals surface area contributed by atoms with E-state index in [1.807, 2.05) is 30.3 Å². The molecular formula is C17H12O5. The summed E-state index contributed by atoms with van der Waals surface area (Å²) in [6.45, 7) is 0. The quantitative estimate of drug-likeness (QED) is 0.770. The summed E-state index contributed by atoms with van der Waals surface area (Å²) in [6.07, 6.45) is -0.351. The van der Waals surface area contributed by atoms with E-state index >= 15 is 0 Å². The zero-order valence-electron chi connectivity index (χ0n) is 11.4. The highest BCUT2D eigenvalue weighted by Gasteiger charge is 2.15. The smallest absolute Gasteiger partial charge is 0.335 e. The van der Waals surface area contributed by atoms with Crippen LogP contribution in [0.1, 0.15) is 15.9 Å². The first-order chi connectivity index (χ1) is 10.5. The van der Waals surface area contributed by atoms with Gasteiger partial charge in [0, 0.05) is 10.9 Å². The highest BCUT2D eigenvalue weighted by molar-refractivity contribution is 5.92. The zero-order chi connectivity index (χ0) is 15.7. The summed E-state index contributed by atoms with van der Waals surface area (Å²) < 4.78 is 5.72. The van der Waals surface area contributed by atoms with Crippen LogP contribution in [0.2, 0.25) is 0 Å². The molecule has 0 saturated heterocycles. The molecule has 0 amide bonds. The van der Waals surface area contributed by atoms with Gasteiger partial charge in [0.2, 0.25) is 0 Å². The molecule has 0 fully saturated rings. The molecule has 2 N–H and O–H groups in total. The summed E-state index contributed by atoms with van der Waals surface area (Å²) in [5, 5.41) is 19.0. The number of carboxylic acid groups (broad SMARTS) is 2. The number of aromatic carboxylic acids is 1. The van der Waals surface area contributed by atoms with Gasteiger partial charge in [0.25, 0.3) is 0 Å². The second kappa shape index (κ2) is 5.37. The van der Waals surface area contributed by atoms with Crippen molar-refractivity contribution >= 4 is 22.9 Å². The van der Waals surface area contributed by atoms with E-state index in [1.54, 1.807) is 12.1 Å². The first kappa shape index (κ1) is 13.9. The van der Waals surface area contributed by atoms with E-state index in [0.717, 1.165) is 11.0 Å². The minimum atomic E-state index is -1.15. The lowest BCUT2D eigenvalue weighted by Crippen LogP contribution is -2.08. The van der Waals surface area contributed by atoms with Crippen molar-refractivity contribution in [3.63, 3.8) is 0 Å². The molecule has 0 atom stereocenters. The predicted molar refractivity (Wildman–Crippen MR) is 79.9 cm³/mol. The van der Waals surface area contributed by atoms with Gasteiger partial charge in [-0.1, -0.05) is 24.3 Å². The Labute approximate surface area is 125 Å². The minimum absolute atomic E-state index is 0.0118. The van der Waals surface area contributed by atoms with Crippen LogP contribution in [0.4, 0.5) is 0 Å². The summed E-state index contributed by atoms with van der Waals surface area (Å²) in [5.74, 6) is -1.65. The molecule has 110 valence electrons. The maximum atomic E-state index is 11.2. The molecule has 2 aromatic carbocycles. The zero-order valence-corrected chi connectivity index (χ0v) is 11.4. The molecule has 22 heavy (non-hydrogen) atoms. The van der Waals surface area contributed by atoms with Gasteiger partial charge in [-0.3, -0.25) is 4.79 Å². The first-order valence-electron chi connectivity index (χ1n) is 6.61. The summed E-state index contributed by atoms with van der Waals surface area (Å²) in [4.78, 5) is 22.1. The molecular weight excluding hydrogens is 284 g/mol. The number of furan rings is 1. The van der Waals surface area contributed by atoms with Gasteiger partial charge in [0.15, 0.2) is 0 Å². The second-order valence-electron chi connectivity index (χ2n) is 4.90. The first-order valence-corrected chi connectivity index (χ1v) is 6.61. The van der Waals surface area contributed by atoms with Crippen LogP contribution >= 0.6 is 0 Å². The Morgan fingerprint density at radius 3 is 2.45 bits per heavy atom. The van der Waals surface area contributed by atoms with Crippen molar-refractivity contribution in [1.82, 2.24) is 0 Å². The third-order valence-electron chi connectivity index (χ3n) is 3.39. The van der Waals surface area contributed by atoms with E-state index in [4.69, 9.17) is 14.6 Å². The third kappa shape index (κ3) is 2.56. The molecule has 5 nitrogen and oxygen atoms in total. The van der Waals surface area contributed by atoms with E-state index in [2.05, 4.69) is 0 Å². The van der Waals surface area contributed by atoms with Crippen LogP contribution in [-0.4, -0.2) is 22.2 Å². The topological polar surface area (TPSA) is 87.7 Å². The van der Waals surface area contributed by atoms with E-state index in [9.17, 15) is 9.59 Å². The van der Waals surface area contributed by atoms with Crippen LogP contribution in [0.3, 0.4) is 0 Å². The number of fused-ring (bicyclic) bond motifs is 1. The highest BCUT2D eigenvalue weighted by Crippen LogP contribution is 2.29. The third-order valence-corrected chi connectivity index (χ3v) is 3.39. The van der Waals surface area contributed by atoms with Crippen molar-refractivity contribution in [2.24, 2.45) is 0 Å². The Balaban J connectivity index is 2.10. The van der Waals surface area contributed by atoms with Crippen molar-refractivity contribution in [3.8, 4) is 11.3 Å². The Morgan fingerprint density at radius 1 is 1.00 bits per heavy atom. The maximum absolute atomic E-state index is 11.2. The van der Waals surface area contributed by atoms with Crippen molar-refractivity contribution in [1.29, 1.82) is 0 Å². The number of rotatable bonds is 4. The van der Waals surface area contributed by atoms with Gasteiger partial charge in [0.05, 0.1) is 12.0 Å². The van der Waals surface area contributed by atoms with E-state index in [1.165, 1.54) is 6.07 Å². The normalized spacial score (nSPS) is 10.7. The molecule has 0 saturated carbocycles. The number of hydrogen-bond donors (Lipinski definition) is 2. The lowest BCUT2D eigenvalue weighted by molar-refractivity contribution is -0.136. The van der Waals surface area contributed by atoms with Crippen LogP contribution in [0.5, 0.6) is 0 Å². The number of para-hydroxylation sites is 1. The van der Waals surface area contributed by atoms with Gasteiger partial charge in [-0.15, -0.1) is 0 Å². The fourth-order valence-electron chi connectivity index (χ4n) is 2.39. The molecule has 0 aliphatic carbocycles. The summed E-state index contributed by atoms with van der Waals surface area (Å²) >= 11 is 0. The van der Waals surface area contributed by atoms with Gasteiger partial charge in [-0.05, 0) is 29.8 Å². The standard InChI is InChI=1S/C17H12O5/c18-16(19)9-12-7-11(5-6-13(12)17(20)21)15-8-10-3-1-2-4-14(10)22-15/h1-8H,9H2,(H,18,19)(H,20,21). The molecule has 0 spiro atoms. The lowest BCUT2D eigenvalue weighted by Gasteiger charge is -2.06. The summed E-state index contributed by atoms with van der Waals surface area (Å²) in [6, 6.07) is 13.9. The fraction of sp³-hybridized carbons (Fsp3) is 0.0588. The monoisotopic (exact) mass is 296 g/mol. The van der Waals surface area contributed by atoms with Gasteiger partial charge in [-0.25, -0.2) is 4.79 Å². The van der Waals surface area contributed by atoms with Crippen LogP contribution in [0.15, 0.2) is 52.9 Å². The highest BCUT2D eigenvalue weighted by atomic mass is 16.4. The number of benzene rings is 2. The minimum Gasteiger partial charge on any atom is -0.481 e. The van der Waals surface area contributed by atoms with Gasteiger partial charge in [-0.2, -0.15) is 0 Å². The number of hydrogen-bond acceptors (Lipinski definition) is 3. The molecule has 0 aliphatic rings. The molecule has 0 radical (unpaired) electrons. The van der Waals surface area contributed by atoms with Gasteiger partial charge in [0.1, 0.15) is 11.3 Å². The van der Waals surface area contributed by atoms with Crippen molar-refractivity contribution in [2.75, 3.05) is 0 Å². The van der Waals surface area contributed by atoms with Crippen LogP contribution in [-0.2, 0) is 11.2 Å². The molecule has 1 heterocycles. The predicted octanol–water partition coefficient (Wildman–Crippen LogP) is 3.43. The van der Waals surface area contributed by atoms with E-state index in [-0.39, 0.29) is 17.5 Å². The molecule has 0 aliphatic heterocycles. The number of aliphatic carboxylic acids is 1. The van der Waals surface area contributed by atoms with Gasteiger partial charge >= 0.3 is 11.9 Å². The average Bonchev–Trinajstić information content (AvgIpc) is 2.90. The van der Waals surface area contributed by atoms with Crippen LogP contribution in [0, 0.1) is 0 Å². The van der Waals surface area contributed by atoms with E-state index < -0.39 is 11.9 Å². The van der Waals surface area contributed by atoms with Gasteiger partial charge < -0.3 is 14.6 Å². The van der Waals surface area contributed by atoms with Crippen LogP contribution < -0.4 is 0 Å². The van der Waals surface area contributed by atoms with Crippen molar-refractivity contribution in [3.05, 3.63) is 59.7 Å². The van der Waals surface area contributed by atoms with E-state index in [0.29, 0.717) is 11.3 Å². The van der Waals surface area contributed by atoms with Crippen molar-refractivity contribution in [2.45, 2.75) is 6.42 Å². The second-order valence-corrected chi connectivity index (χ2v) is 4.90. The molecule has 3 rings (SSSR count). The maximum Gasteiger partial charge on any atom is 0.335 e. The SMILES string of the molecule is O=C(O)Cc1cc(-c2cc3ccccc3o2)ccc1C(=O)O. The number of carbonyl (C=O) groups is 2. The largest absolute Gasteiger partial charge is 0.481 e. The molecule has 0 bridgehead atoms. The number of carboxylic acids is 2. The van der Waals surface area contributed by atoms with Crippen molar-refractivity contribution < 1.29 is 24.2 Å².